The number of hydrogen-bond acceptors (Lipinski definition) is 4. The molecule has 0 amide bonds. The molecule has 33 heavy (non-hydrogen) atoms. The van der Waals surface area contributed by atoms with Gasteiger partial charge in [-0.2, -0.15) is 0 Å². The Morgan fingerprint density at radius 2 is 1.61 bits per heavy atom. The van der Waals surface area contributed by atoms with E-state index in [9.17, 15) is 9.18 Å². The van der Waals surface area contributed by atoms with Gasteiger partial charge in [0, 0.05) is 38.0 Å². The predicted molar refractivity (Wildman–Crippen MR) is 131 cm³/mol. The van der Waals surface area contributed by atoms with Crippen LogP contribution in [0.5, 0.6) is 5.75 Å². The van der Waals surface area contributed by atoms with Gasteiger partial charge in [-0.1, -0.05) is 18.6 Å². The average Bonchev–Trinajstić information content (AvgIpc) is 2.82. The normalized spacial score (nSPS) is 31.2. The Balaban J connectivity index is 1.00. The van der Waals surface area contributed by atoms with Gasteiger partial charge < -0.3 is 9.64 Å². The van der Waals surface area contributed by atoms with Gasteiger partial charge in [-0.05, 0) is 87.8 Å². The molecular weight excluding hydrogens is 415 g/mol. The first kappa shape index (κ1) is 23.1. The van der Waals surface area contributed by atoms with E-state index in [2.05, 4.69) is 15.9 Å². The zero-order valence-corrected chi connectivity index (χ0v) is 20.2. The van der Waals surface area contributed by atoms with Crippen LogP contribution in [-0.4, -0.2) is 56.7 Å². The number of para-hydroxylation sites is 2. The molecule has 4 saturated carbocycles. The molecule has 0 aromatic heterocycles. The molecule has 0 unspecified atom stereocenters. The van der Waals surface area contributed by atoms with E-state index in [0.717, 1.165) is 81.2 Å². The molecule has 1 aromatic rings. The van der Waals surface area contributed by atoms with E-state index in [1.54, 1.807) is 0 Å². The summed E-state index contributed by atoms with van der Waals surface area (Å²) in [6, 6.07) is 7.97. The molecule has 4 nitrogen and oxygen atoms in total. The molecule has 1 aromatic carbocycles. The van der Waals surface area contributed by atoms with E-state index in [1.165, 1.54) is 44.9 Å². The highest BCUT2D eigenvalue weighted by Crippen LogP contribution is 2.60. The van der Waals surface area contributed by atoms with Gasteiger partial charge in [0.05, 0.1) is 5.69 Å². The maximum atomic E-state index is 13.2. The number of unbranched alkanes of at least 4 members (excludes halogenated alkanes) is 2. The summed E-state index contributed by atoms with van der Waals surface area (Å²) in [4.78, 5) is 18.1. The third kappa shape index (κ3) is 5.23. The van der Waals surface area contributed by atoms with Crippen molar-refractivity contribution in [3.8, 4) is 5.75 Å². The van der Waals surface area contributed by atoms with Gasteiger partial charge in [0.2, 0.25) is 0 Å². The number of nitrogens with zero attached hydrogens (tertiary/aromatic N) is 2. The molecule has 0 atom stereocenters. The van der Waals surface area contributed by atoms with Crippen LogP contribution in [-0.2, 0) is 4.79 Å². The van der Waals surface area contributed by atoms with Crippen LogP contribution < -0.4 is 9.64 Å². The Hall–Kier alpha value is -1.62. The maximum Gasteiger partial charge on any atom is 0.142 e. The second-order valence-corrected chi connectivity index (χ2v) is 11.3. The number of carbonyl (C=O) groups excluding carboxylic acids is 1. The molecule has 182 valence electrons. The van der Waals surface area contributed by atoms with E-state index in [4.69, 9.17) is 4.74 Å². The van der Waals surface area contributed by atoms with Crippen molar-refractivity contribution in [1.82, 2.24) is 4.90 Å². The Labute approximate surface area is 198 Å². The number of carbonyl (C=O) groups is 1. The van der Waals surface area contributed by atoms with Crippen molar-refractivity contribution in [2.75, 3.05) is 50.9 Å². The van der Waals surface area contributed by atoms with Crippen LogP contribution in [0.1, 0.15) is 64.2 Å². The van der Waals surface area contributed by atoms with Crippen LogP contribution >= 0.6 is 0 Å². The van der Waals surface area contributed by atoms with E-state index in [1.807, 2.05) is 18.2 Å². The molecule has 4 bridgehead atoms. The summed E-state index contributed by atoms with van der Waals surface area (Å²) in [5.41, 5.74) is 1.17. The predicted octanol–water partition coefficient (Wildman–Crippen LogP) is 5.50. The van der Waals surface area contributed by atoms with Crippen LogP contribution in [0.2, 0.25) is 0 Å². The van der Waals surface area contributed by atoms with Crippen LogP contribution in [0.15, 0.2) is 24.3 Å². The Morgan fingerprint density at radius 3 is 2.27 bits per heavy atom. The highest BCUT2D eigenvalue weighted by molar-refractivity contribution is 5.85. The van der Waals surface area contributed by atoms with E-state index in [0.29, 0.717) is 5.78 Å². The number of benzene rings is 1. The van der Waals surface area contributed by atoms with E-state index >= 15 is 0 Å². The van der Waals surface area contributed by atoms with Crippen LogP contribution in [0.3, 0.4) is 0 Å². The van der Waals surface area contributed by atoms with Gasteiger partial charge in [-0.15, -0.1) is 0 Å². The van der Waals surface area contributed by atoms with Gasteiger partial charge in [0.15, 0.2) is 0 Å². The maximum absolute atomic E-state index is 13.2. The fourth-order valence-corrected chi connectivity index (χ4v) is 7.72. The lowest BCUT2D eigenvalue weighted by Gasteiger charge is -2.56. The minimum absolute atomic E-state index is 0.0925. The van der Waals surface area contributed by atoms with Crippen molar-refractivity contribution in [3.63, 3.8) is 0 Å². The fourth-order valence-electron chi connectivity index (χ4n) is 7.72. The first-order valence-corrected chi connectivity index (χ1v) is 13.4. The van der Waals surface area contributed by atoms with Gasteiger partial charge in [-0.3, -0.25) is 9.69 Å². The zero-order chi connectivity index (χ0) is 22.7. The van der Waals surface area contributed by atoms with Crippen molar-refractivity contribution in [3.05, 3.63) is 24.3 Å². The second kappa shape index (κ2) is 10.3. The summed E-state index contributed by atoms with van der Waals surface area (Å²) in [5, 5.41) is 0. The van der Waals surface area contributed by atoms with Crippen LogP contribution in [0.25, 0.3) is 0 Å². The number of piperazine rings is 1. The van der Waals surface area contributed by atoms with Gasteiger partial charge in [-0.25, -0.2) is 4.39 Å². The monoisotopic (exact) mass is 456 g/mol. The lowest BCUT2D eigenvalue weighted by atomic mass is 9.48. The Kier molecular flexibility index (Phi) is 7.24. The Morgan fingerprint density at radius 1 is 0.939 bits per heavy atom. The quantitative estimate of drug-likeness (QED) is 0.412. The third-order valence-corrected chi connectivity index (χ3v) is 8.92. The average molecular weight is 457 g/mol. The highest BCUT2D eigenvalue weighted by atomic mass is 19.1. The van der Waals surface area contributed by atoms with E-state index in [-0.39, 0.29) is 12.0 Å². The number of anilines is 1. The molecule has 1 heterocycles. The molecule has 0 N–H and O–H groups in total. The lowest BCUT2D eigenvalue weighted by Crippen LogP contribution is -2.50. The molecule has 5 fully saturated rings. The topological polar surface area (TPSA) is 32.8 Å². The second-order valence-electron chi connectivity index (χ2n) is 11.3. The summed E-state index contributed by atoms with van der Waals surface area (Å²) in [5.74, 6) is 3.99. The van der Waals surface area contributed by atoms with Crippen LogP contribution in [0, 0.1) is 23.2 Å². The van der Waals surface area contributed by atoms with Crippen molar-refractivity contribution in [2.45, 2.75) is 64.2 Å². The molecule has 6 rings (SSSR count). The lowest BCUT2D eigenvalue weighted by molar-refractivity contribution is -0.144. The SMILES string of the molecule is O=C(CCCCCN1CCN(c2ccccc2OCCF)CC1)C12CC3CC(CC(C3)C1)C2. The molecule has 4 aliphatic carbocycles. The molecule has 0 spiro atoms. The molecular formula is C28H41FN2O2. The highest BCUT2D eigenvalue weighted by Gasteiger charge is 2.53. The van der Waals surface area contributed by atoms with Gasteiger partial charge >= 0.3 is 0 Å². The number of Topliss-reactive ketones (excluding diaryl/α,β-unsaturated/α-hetero) is 1. The third-order valence-electron chi connectivity index (χ3n) is 8.92. The number of halogens is 1. The standard InChI is InChI=1S/C28H41FN2O2/c29-9-15-33-26-7-4-3-6-25(26)31-13-11-30(12-14-31)10-5-1-2-8-27(32)28-19-22-16-23(20-28)18-24(17-22)21-28/h3-4,6-7,22-24H,1-2,5,8-21H2. The molecule has 5 aliphatic rings. The van der Waals surface area contributed by atoms with Crippen molar-refractivity contribution in [1.29, 1.82) is 0 Å². The van der Waals surface area contributed by atoms with Crippen molar-refractivity contribution >= 4 is 11.5 Å². The minimum atomic E-state index is -0.462. The molecule has 1 saturated heterocycles. The smallest absolute Gasteiger partial charge is 0.142 e. The largest absolute Gasteiger partial charge is 0.489 e. The number of ketones is 1. The fraction of sp³-hybridized carbons (Fsp3) is 0.750. The minimum Gasteiger partial charge on any atom is -0.489 e. The summed E-state index contributed by atoms with van der Waals surface area (Å²) in [7, 11) is 0. The number of alkyl halides is 1. The Bertz CT molecular complexity index is 770. The number of hydrogen-bond donors (Lipinski definition) is 0. The molecule has 1 aliphatic heterocycles. The van der Waals surface area contributed by atoms with Gasteiger partial charge in [0.1, 0.15) is 24.8 Å². The summed E-state index contributed by atoms with van der Waals surface area (Å²) in [6.07, 6.45) is 12.1. The number of rotatable bonds is 11. The van der Waals surface area contributed by atoms with Gasteiger partial charge in [0.25, 0.3) is 0 Å². The van der Waals surface area contributed by atoms with Crippen molar-refractivity contribution < 1.29 is 13.9 Å². The van der Waals surface area contributed by atoms with Crippen LogP contribution in [0.4, 0.5) is 10.1 Å². The van der Waals surface area contributed by atoms with Crippen molar-refractivity contribution in [2.24, 2.45) is 23.2 Å². The first-order valence-electron chi connectivity index (χ1n) is 13.4. The first-order chi connectivity index (χ1) is 16.1. The summed E-state index contributed by atoms with van der Waals surface area (Å²) < 4.78 is 18.1. The zero-order valence-electron chi connectivity index (χ0n) is 20.2. The summed E-state index contributed by atoms with van der Waals surface area (Å²) in [6.45, 7) is 4.81. The summed E-state index contributed by atoms with van der Waals surface area (Å²) >= 11 is 0. The van der Waals surface area contributed by atoms with E-state index < -0.39 is 6.67 Å². The molecule has 5 heteroatoms. The molecule has 0 radical (unpaired) electrons. The number of ether oxygens (including phenoxy) is 1.